The minimum Gasteiger partial charge on any atom is -0.460 e. The van der Waals surface area contributed by atoms with Crippen molar-refractivity contribution in [1.29, 1.82) is 0 Å². The Morgan fingerprint density at radius 2 is 1.71 bits per heavy atom. The molecule has 24 heavy (non-hydrogen) atoms. The molecule has 1 aromatic carbocycles. The van der Waals surface area contributed by atoms with E-state index in [0.29, 0.717) is 44.7 Å². The number of aromatic nitrogens is 2. The van der Waals surface area contributed by atoms with Gasteiger partial charge in [-0.05, 0) is 43.3 Å². The average molecular weight is 361 g/mol. The van der Waals surface area contributed by atoms with Gasteiger partial charge in [-0.3, -0.25) is 0 Å². The fourth-order valence-electron chi connectivity index (χ4n) is 2.35. The fourth-order valence-corrected chi connectivity index (χ4v) is 2.85. The van der Waals surface area contributed by atoms with Crippen LogP contribution in [0.4, 0.5) is 0 Å². The minimum absolute atomic E-state index is 0.307. The minimum atomic E-state index is 0.307. The SMILES string of the molecule is Cc1oc(-c2ccc(Cl)cc2Cl)cc1-c1nnc(-c2ccco2)o1. The first-order valence-corrected chi connectivity index (χ1v) is 7.81. The van der Waals surface area contributed by atoms with Gasteiger partial charge in [0.15, 0.2) is 5.76 Å². The van der Waals surface area contributed by atoms with Gasteiger partial charge >= 0.3 is 0 Å². The van der Waals surface area contributed by atoms with Gasteiger partial charge in [-0.25, -0.2) is 0 Å². The van der Waals surface area contributed by atoms with Crippen molar-refractivity contribution in [2.24, 2.45) is 0 Å². The van der Waals surface area contributed by atoms with E-state index in [1.807, 2.05) is 13.0 Å². The van der Waals surface area contributed by atoms with Gasteiger partial charge in [0.1, 0.15) is 11.5 Å². The summed E-state index contributed by atoms with van der Waals surface area (Å²) in [5.41, 5.74) is 1.43. The van der Waals surface area contributed by atoms with Crippen LogP contribution >= 0.6 is 23.2 Å². The van der Waals surface area contributed by atoms with Crippen LogP contribution in [-0.4, -0.2) is 10.2 Å². The van der Waals surface area contributed by atoms with Crippen molar-refractivity contribution < 1.29 is 13.3 Å². The van der Waals surface area contributed by atoms with Crippen molar-refractivity contribution >= 4 is 23.2 Å². The molecule has 4 aromatic rings. The predicted octanol–water partition coefficient (Wildman–Crippen LogP) is 5.87. The number of aryl methyl sites for hydroxylation is 1. The largest absolute Gasteiger partial charge is 0.460 e. The summed E-state index contributed by atoms with van der Waals surface area (Å²) in [5.74, 6) is 2.41. The van der Waals surface area contributed by atoms with Gasteiger partial charge in [0.05, 0.1) is 16.8 Å². The topological polar surface area (TPSA) is 65.2 Å². The van der Waals surface area contributed by atoms with Crippen LogP contribution in [0.25, 0.3) is 34.4 Å². The summed E-state index contributed by atoms with van der Waals surface area (Å²) >= 11 is 12.2. The Morgan fingerprint density at radius 1 is 0.875 bits per heavy atom. The van der Waals surface area contributed by atoms with Gasteiger partial charge in [-0.15, -0.1) is 10.2 Å². The van der Waals surface area contributed by atoms with Crippen molar-refractivity contribution in [2.45, 2.75) is 6.92 Å². The van der Waals surface area contributed by atoms with Crippen LogP contribution in [0.1, 0.15) is 5.76 Å². The monoisotopic (exact) mass is 360 g/mol. The molecule has 0 aliphatic rings. The van der Waals surface area contributed by atoms with E-state index < -0.39 is 0 Å². The second-order valence-electron chi connectivity index (χ2n) is 5.09. The molecule has 3 heterocycles. The number of rotatable bonds is 3. The first-order valence-electron chi connectivity index (χ1n) is 7.05. The third-order valence-corrected chi connectivity index (χ3v) is 4.05. The van der Waals surface area contributed by atoms with E-state index in [0.717, 1.165) is 5.56 Å². The molecular formula is C17H10Cl2N2O3. The quantitative estimate of drug-likeness (QED) is 0.456. The molecule has 0 unspecified atom stereocenters. The molecule has 0 aliphatic carbocycles. The van der Waals surface area contributed by atoms with Crippen molar-refractivity contribution in [3.05, 3.63) is 58.5 Å². The highest BCUT2D eigenvalue weighted by molar-refractivity contribution is 6.36. The zero-order chi connectivity index (χ0) is 16.7. The van der Waals surface area contributed by atoms with Crippen molar-refractivity contribution in [3.63, 3.8) is 0 Å². The lowest BCUT2D eigenvalue weighted by atomic mass is 10.1. The van der Waals surface area contributed by atoms with E-state index in [1.54, 1.807) is 36.6 Å². The summed E-state index contributed by atoms with van der Waals surface area (Å²) in [7, 11) is 0. The van der Waals surface area contributed by atoms with Crippen molar-refractivity contribution in [1.82, 2.24) is 10.2 Å². The first kappa shape index (κ1) is 15.1. The molecule has 0 spiro atoms. The van der Waals surface area contributed by atoms with E-state index >= 15 is 0 Å². The second-order valence-corrected chi connectivity index (χ2v) is 5.94. The van der Waals surface area contributed by atoms with Gasteiger partial charge in [0.2, 0.25) is 0 Å². The Bertz CT molecular complexity index is 1000. The third-order valence-electron chi connectivity index (χ3n) is 3.50. The van der Waals surface area contributed by atoms with Crippen LogP contribution in [0.3, 0.4) is 0 Å². The van der Waals surface area contributed by atoms with Crippen LogP contribution < -0.4 is 0 Å². The lowest BCUT2D eigenvalue weighted by Crippen LogP contribution is -1.77. The van der Waals surface area contributed by atoms with Crippen molar-refractivity contribution in [2.75, 3.05) is 0 Å². The summed E-state index contributed by atoms with van der Waals surface area (Å²) in [6.45, 7) is 1.82. The number of furan rings is 2. The van der Waals surface area contributed by atoms with E-state index in [-0.39, 0.29) is 0 Å². The summed E-state index contributed by atoms with van der Waals surface area (Å²) < 4.78 is 16.7. The summed E-state index contributed by atoms with van der Waals surface area (Å²) in [6.07, 6.45) is 1.54. The number of benzene rings is 1. The molecule has 0 amide bonds. The Morgan fingerprint density at radius 3 is 2.46 bits per heavy atom. The van der Waals surface area contributed by atoms with Gasteiger partial charge in [-0.2, -0.15) is 0 Å². The summed E-state index contributed by atoms with van der Waals surface area (Å²) in [6, 6.07) is 10.5. The maximum Gasteiger partial charge on any atom is 0.283 e. The molecule has 0 fully saturated rings. The molecule has 0 saturated carbocycles. The molecule has 0 radical (unpaired) electrons. The Kier molecular flexibility index (Phi) is 3.67. The molecule has 0 saturated heterocycles. The standard InChI is InChI=1S/C17H10Cl2N2O3/c1-9-12(16-20-21-17(24-16)14-3-2-6-22-14)8-15(23-9)11-5-4-10(18)7-13(11)19/h2-8H,1H3. The molecule has 7 heteroatoms. The molecule has 0 bridgehead atoms. The lowest BCUT2D eigenvalue weighted by molar-refractivity contribution is 0.519. The molecule has 4 rings (SSSR count). The summed E-state index contributed by atoms with van der Waals surface area (Å²) in [4.78, 5) is 0. The first-order chi connectivity index (χ1) is 11.6. The fraction of sp³-hybridized carbons (Fsp3) is 0.0588. The molecule has 0 atom stereocenters. The third kappa shape index (κ3) is 2.62. The van der Waals surface area contributed by atoms with E-state index in [1.165, 1.54) is 0 Å². The highest BCUT2D eigenvalue weighted by Crippen LogP contribution is 2.36. The van der Waals surface area contributed by atoms with Gasteiger partial charge < -0.3 is 13.3 Å². The second kappa shape index (κ2) is 5.85. The average Bonchev–Trinajstić information content (AvgIpc) is 3.26. The maximum absolute atomic E-state index is 6.24. The predicted molar refractivity (Wildman–Crippen MR) is 89.9 cm³/mol. The lowest BCUT2D eigenvalue weighted by Gasteiger charge is -2.00. The molecule has 0 N–H and O–H groups in total. The molecule has 5 nitrogen and oxygen atoms in total. The Hall–Kier alpha value is -2.50. The molecule has 0 aliphatic heterocycles. The number of hydrogen-bond acceptors (Lipinski definition) is 5. The van der Waals surface area contributed by atoms with Crippen LogP contribution in [-0.2, 0) is 0 Å². The van der Waals surface area contributed by atoms with Crippen LogP contribution in [0.2, 0.25) is 10.0 Å². The van der Waals surface area contributed by atoms with Crippen LogP contribution in [0.15, 0.2) is 55.9 Å². The van der Waals surface area contributed by atoms with Gasteiger partial charge in [0.25, 0.3) is 11.8 Å². The van der Waals surface area contributed by atoms with E-state index in [4.69, 9.17) is 36.5 Å². The van der Waals surface area contributed by atoms with E-state index in [2.05, 4.69) is 10.2 Å². The zero-order valence-corrected chi connectivity index (χ0v) is 13.9. The molecule has 120 valence electrons. The van der Waals surface area contributed by atoms with E-state index in [9.17, 15) is 0 Å². The number of halogens is 2. The van der Waals surface area contributed by atoms with Gasteiger partial charge in [-0.1, -0.05) is 23.2 Å². The van der Waals surface area contributed by atoms with Crippen LogP contribution in [0, 0.1) is 6.92 Å². The van der Waals surface area contributed by atoms with Crippen molar-refractivity contribution in [3.8, 4) is 34.4 Å². The van der Waals surface area contributed by atoms with Gasteiger partial charge in [0, 0.05) is 10.6 Å². The zero-order valence-electron chi connectivity index (χ0n) is 12.4. The molecule has 3 aromatic heterocycles. The normalized spacial score (nSPS) is 11.1. The number of nitrogens with zero attached hydrogens (tertiary/aromatic N) is 2. The Balaban J connectivity index is 1.74. The number of hydrogen-bond donors (Lipinski definition) is 0. The highest BCUT2D eigenvalue weighted by atomic mass is 35.5. The summed E-state index contributed by atoms with van der Waals surface area (Å²) in [5, 5.41) is 9.11. The Labute approximate surface area is 146 Å². The maximum atomic E-state index is 6.24. The molecular weight excluding hydrogens is 351 g/mol. The highest BCUT2D eigenvalue weighted by Gasteiger charge is 2.19. The smallest absolute Gasteiger partial charge is 0.283 e. The van der Waals surface area contributed by atoms with Crippen LogP contribution in [0.5, 0.6) is 0 Å².